The molecule has 0 N–H and O–H groups in total. The minimum absolute atomic E-state index is 0.185. The summed E-state index contributed by atoms with van der Waals surface area (Å²) in [6.07, 6.45) is 13.1. The molecule has 0 heterocycles. The van der Waals surface area contributed by atoms with Crippen LogP contribution in [0.1, 0.15) is 64.2 Å². The average molecular weight is 232 g/mol. The number of Topliss-reactive ketones (excluding diaryl/α,β-unsaturated/α-hetero) is 1. The van der Waals surface area contributed by atoms with Gasteiger partial charge in [0.25, 0.3) is 0 Å². The fourth-order valence-corrected chi connectivity index (χ4v) is 5.63. The van der Waals surface area contributed by atoms with Gasteiger partial charge >= 0.3 is 0 Å². The number of ketones is 1. The molecule has 0 radical (unpaired) electrons. The van der Waals surface area contributed by atoms with Crippen molar-refractivity contribution >= 4 is 5.78 Å². The van der Waals surface area contributed by atoms with Crippen molar-refractivity contribution in [1.29, 1.82) is 0 Å². The van der Waals surface area contributed by atoms with Gasteiger partial charge in [-0.1, -0.05) is 19.3 Å². The third-order valence-corrected chi connectivity index (χ3v) is 6.33. The van der Waals surface area contributed by atoms with Gasteiger partial charge in [-0.05, 0) is 62.2 Å². The highest BCUT2D eigenvalue weighted by atomic mass is 16.1. The standard InChI is InChI=1S/C16H24O/c17-15(7-11-2-1-3-11)16-8-12-4-13(9-16)6-14(5-12)10-16/h11-14H,1-10H2. The molecule has 0 atom stereocenters. The fourth-order valence-electron chi connectivity index (χ4n) is 5.63. The Hall–Kier alpha value is -0.330. The lowest BCUT2D eigenvalue weighted by Gasteiger charge is -2.56. The van der Waals surface area contributed by atoms with E-state index < -0.39 is 0 Å². The van der Waals surface area contributed by atoms with Crippen LogP contribution in [0.4, 0.5) is 0 Å². The topological polar surface area (TPSA) is 17.1 Å². The third-order valence-electron chi connectivity index (χ3n) is 6.33. The molecule has 0 aliphatic heterocycles. The van der Waals surface area contributed by atoms with E-state index in [0.29, 0.717) is 5.78 Å². The number of carbonyl (C=O) groups is 1. The summed E-state index contributed by atoms with van der Waals surface area (Å²) >= 11 is 0. The van der Waals surface area contributed by atoms with Gasteiger partial charge in [0.2, 0.25) is 0 Å². The monoisotopic (exact) mass is 232 g/mol. The SMILES string of the molecule is O=C(CC1CCC1)C12CC3CC(CC(C3)C1)C2. The van der Waals surface area contributed by atoms with Crippen LogP contribution in [0, 0.1) is 29.1 Å². The first-order chi connectivity index (χ1) is 8.23. The molecule has 1 nitrogen and oxygen atoms in total. The lowest BCUT2D eigenvalue weighted by atomic mass is 9.48. The molecule has 5 rings (SSSR count). The Balaban J connectivity index is 1.53. The Bertz CT molecular complexity index is 304. The van der Waals surface area contributed by atoms with Crippen molar-refractivity contribution in [2.75, 3.05) is 0 Å². The van der Waals surface area contributed by atoms with Crippen molar-refractivity contribution in [3.05, 3.63) is 0 Å². The van der Waals surface area contributed by atoms with Crippen molar-refractivity contribution in [2.24, 2.45) is 29.1 Å². The predicted molar refractivity (Wildman–Crippen MR) is 67.6 cm³/mol. The Morgan fingerprint density at radius 3 is 1.88 bits per heavy atom. The van der Waals surface area contributed by atoms with Crippen molar-refractivity contribution in [2.45, 2.75) is 64.2 Å². The van der Waals surface area contributed by atoms with Gasteiger partial charge in [0.15, 0.2) is 0 Å². The molecule has 1 heteroatoms. The zero-order chi connectivity index (χ0) is 11.5. The Kier molecular flexibility index (Phi) is 2.23. The molecule has 0 unspecified atom stereocenters. The summed E-state index contributed by atoms with van der Waals surface area (Å²) in [6.45, 7) is 0. The quantitative estimate of drug-likeness (QED) is 0.719. The van der Waals surface area contributed by atoms with Crippen molar-refractivity contribution in [1.82, 2.24) is 0 Å². The van der Waals surface area contributed by atoms with Crippen LogP contribution in [0.15, 0.2) is 0 Å². The lowest BCUT2D eigenvalue weighted by molar-refractivity contribution is -0.145. The van der Waals surface area contributed by atoms with Crippen molar-refractivity contribution < 1.29 is 4.79 Å². The maximum atomic E-state index is 12.7. The first kappa shape index (κ1) is 10.6. The van der Waals surface area contributed by atoms with Gasteiger partial charge in [0, 0.05) is 11.8 Å². The van der Waals surface area contributed by atoms with E-state index in [1.807, 2.05) is 0 Å². The van der Waals surface area contributed by atoms with E-state index in [-0.39, 0.29) is 5.41 Å². The maximum Gasteiger partial charge on any atom is 0.139 e. The maximum absolute atomic E-state index is 12.7. The molecular weight excluding hydrogens is 208 g/mol. The molecular formula is C16H24O. The van der Waals surface area contributed by atoms with Gasteiger partial charge in [-0.15, -0.1) is 0 Å². The third kappa shape index (κ3) is 1.61. The highest BCUT2D eigenvalue weighted by Crippen LogP contribution is 2.61. The highest BCUT2D eigenvalue weighted by molar-refractivity contribution is 5.85. The molecule has 94 valence electrons. The van der Waals surface area contributed by atoms with Gasteiger partial charge in [0.1, 0.15) is 5.78 Å². The molecule has 5 aliphatic rings. The van der Waals surface area contributed by atoms with Crippen molar-refractivity contribution in [3.8, 4) is 0 Å². The normalized spacial score (nSPS) is 48.1. The van der Waals surface area contributed by atoms with E-state index in [9.17, 15) is 4.79 Å². The van der Waals surface area contributed by atoms with Crippen LogP contribution in [0.5, 0.6) is 0 Å². The van der Waals surface area contributed by atoms with Crippen LogP contribution < -0.4 is 0 Å². The van der Waals surface area contributed by atoms with Crippen LogP contribution in [-0.2, 0) is 4.79 Å². The van der Waals surface area contributed by atoms with E-state index >= 15 is 0 Å². The van der Waals surface area contributed by atoms with E-state index in [1.165, 1.54) is 57.8 Å². The summed E-state index contributed by atoms with van der Waals surface area (Å²) in [5, 5.41) is 0. The number of carbonyl (C=O) groups excluding carboxylic acids is 1. The molecule has 5 saturated carbocycles. The summed E-state index contributed by atoms with van der Waals surface area (Å²) in [4.78, 5) is 12.7. The van der Waals surface area contributed by atoms with E-state index in [2.05, 4.69) is 0 Å². The molecule has 17 heavy (non-hydrogen) atoms. The predicted octanol–water partition coefficient (Wildman–Crippen LogP) is 3.96. The molecule has 0 saturated heterocycles. The molecule has 5 fully saturated rings. The Morgan fingerprint density at radius 2 is 1.47 bits per heavy atom. The number of rotatable bonds is 3. The zero-order valence-corrected chi connectivity index (χ0v) is 10.8. The van der Waals surface area contributed by atoms with E-state index in [0.717, 1.165) is 30.1 Å². The molecule has 0 aromatic carbocycles. The second-order valence-corrected chi connectivity index (χ2v) is 7.62. The smallest absolute Gasteiger partial charge is 0.139 e. The first-order valence-electron chi connectivity index (χ1n) is 7.77. The van der Waals surface area contributed by atoms with Crippen LogP contribution in [0.2, 0.25) is 0 Å². The Morgan fingerprint density at radius 1 is 0.941 bits per heavy atom. The van der Waals surface area contributed by atoms with Crippen LogP contribution >= 0.6 is 0 Å². The second-order valence-electron chi connectivity index (χ2n) is 7.62. The Labute approximate surface area is 104 Å². The summed E-state index contributed by atoms with van der Waals surface area (Å²) < 4.78 is 0. The first-order valence-corrected chi connectivity index (χ1v) is 7.77. The van der Waals surface area contributed by atoms with Crippen LogP contribution in [0.3, 0.4) is 0 Å². The number of hydrogen-bond acceptors (Lipinski definition) is 1. The minimum atomic E-state index is 0.185. The molecule has 0 aromatic rings. The summed E-state index contributed by atoms with van der Waals surface area (Å²) in [7, 11) is 0. The molecule has 0 aromatic heterocycles. The summed E-state index contributed by atoms with van der Waals surface area (Å²) in [6, 6.07) is 0. The minimum Gasteiger partial charge on any atom is -0.299 e. The van der Waals surface area contributed by atoms with Gasteiger partial charge in [-0.2, -0.15) is 0 Å². The zero-order valence-electron chi connectivity index (χ0n) is 10.8. The summed E-state index contributed by atoms with van der Waals surface area (Å²) in [5.41, 5.74) is 0.185. The highest BCUT2D eigenvalue weighted by Gasteiger charge is 2.54. The lowest BCUT2D eigenvalue weighted by Crippen LogP contribution is -2.50. The van der Waals surface area contributed by atoms with E-state index in [4.69, 9.17) is 0 Å². The fraction of sp³-hybridized carbons (Fsp3) is 0.938. The van der Waals surface area contributed by atoms with Crippen LogP contribution in [-0.4, -0.2) is 5.78 Å². The van der Waals surface area contributed by atoms with Gasteiger partial charge in [-0.25, -0.2) is 0 Å². The van der Waals surface area contributed by atoms with Gasteiger partial charge in [0.05, 0.1) is 0 Å². The van der Waals surface area contributed by atoms with Crippen LogP contribution in [0.25, 0.3) is 0 Å². The molecule has 0 amide bonds. The number of hydrogen-bond donors (Lipinski definition) is 0. The molecule has 4 bridgehead atoms. The molecule has 5 aliphatic carbocycles. The molecule has 0 spiro atoms. The average Bonchev–Trinajstić information content (AvgIpc) is 2.21. The largest absolute Gasteiger partial charge is 0.299 e. The van der Waals surface area contributed by atoms with Crippen molar-refractivity contribution in [3.63, 3.8) is 0 Å². The van der Waals surface area contributed by atoms with Gasteiger partial charge in [-0.3, -0.25) is 4.79 Å². The summed E-state index contributed by atoms with van der Waals surface area (Å²) in [5.74, 6) is 4.22. The van der Waals surface area contributed by atoms with E-state index in [1.54, 1.807) is 0 Å². The second kappa shape index (κ2) is 3.59. The van der Waals surface area contributed by atoms with Gasteiger partial charge < -0.3 is 0 Å².